The topological polar surface area (TPSA) is 49.5 Å². The van der Waals surface area contributed by atoms with E-state index in [-0.39, 0.29) is 24.8 Å². The Balaban J connectivity index is 0.00000112. The van der Waals surface area contributed by atoms with E-state index in [4.69, 9.17) is 5.73 Å². The monoisotopic (exact) mass is 264 g/mol. The third kappa shape index (κ3) is 3.74. The molecule has 92 valence electrons. The van der Waals surface area contributed by atoms with Gasteiger partial charge in [-0.3, -0.25) is 4.90 Å². The van der Waals surface area contributed by atoms with Crippen molar-refractivity contribution >= 4 is 30.5 Å². The molecular weight excluding hydrogens is 247 g/mol. The smallest absolute Gasteiger partial charge is 0.122 e. The van der Waals surface area contributed by atoms with Gasteiger partial charge in [0.2, 0.25) is 0 Å². The molecule has 1 aromatic rings. The van der Waals surface area contributed by atoms with Crippen LogP contribution < -0.4 is 5.73 Å². The number of hydrogen-bond donors (Lipinski definition) is 2. The Kier molecular flexibility index (Phi) is 6.56. The van der Waals surface area contributed by atoms with Gasteiger partial charge < -0.3 is 10.8 Å². The van der Waals surface area contributed by atoms with Gasteiger partial charge in [0, 0.05) is 23.9 Å². The zero-order valence-corrected chi connectivity index (χ0v) is 10.7. The Hall–Kier alpha value is -0.640. The minimum atomic E-state index is 0. The molecule has 1 saturated heterocycles. The largest absolute Gasteiger partial charge is 0.508 e. The van der Waals surface area contributed by atoms with E-state index in [0.717, 1.165) is 25.2 Å². The van der Waals surface area contributed by atoms with Gasteiger partial charge in [-0.2, -0.15) is 0 Å². The van der Waals surface area contributed by atoms with Crippen molar-refractivity contribution in [2.45, 2.75) is 19.4 Å². The number of hydrogen-bond acceptors (Lipinski definition) is 3. The fourth-order valence-electron chi connectivity index (χ4n) is 1.90. The van der Waals surface area contributed by atoms with Gasteiger partial charge in [0.05, 0.1) is 0 Å². The molecular formula is C11H18Cl2N2O. The highest BCUT2D eigenvalue weighted by atomic mass is 35.5. The summed E-state index contributed by atoms with van der Waals surface area (Å²) in [6.07, 6.45) is 2.55. The SMILES string of the molecule is Cl.Cl.Nc1ccc(CN2CCCC2)c(O)c1. The van der Waals surface area contributed by atoms with Gasteiger partial charge in [-0.05, 0) is 32.0 Å². The van der Waals surface area contributed by atoms with Gasteiger partial charge in [-0.15, -0.1) is 24.8 Å². The lowest BCUT2D eigenvalue weighted by molar-refractivity contribution is 0.324. The van der Waals surface area contributed by atoms with Gasteiger partial charge in [0.1, 0.15) is 5.75 Å². The summed E-state index contributed by atoms with van der Waals surface area (Å²) in [6, 6.07) is 5.36. The van der Waals surface area contributed by atoms with Crippen molar-refractivity contribution in [3.63, 3.8) is 0 Å². The molecule has 1 heterocycles. The van der Waals surface area contributed by atoms with Crippen LogP contribution >= 0.6 is 24.8 Å². The molecule has 1 fully saturated rings. The Labute approximate surface area is 108 Å². The van der Waals surface area contributed by atoms with Crippen molar-refractivity contribution in [1.29, 1.82) is 0 Å². The van der Waals surface area contributed by atoms with E-state index < -0.39 is 0 Å². The number of phenolic OH excluding ortho intramolecular Hbond substituents is 1. The van der Waals surface area contributed by atoms with Crippen molar-refractivity contribution < 1.29 is 5.11 Å². The van der Waals surface area contributed by atoms with Crippen LogP contribution in [0.3, 0.4) is 0 Å². The number of likely N-dealkylation sites (tertiary alicyclic amines) is 1. The molecule has 16 heavy (non-hydrogen) atoms. The Morgan fingerprint density at radius 2 is 1.81 bits per heavy atom. The quantitative estimate of drug-likeness (QED) is 0.807. The van der Waals surface area contributed by atoms with Gasteiger partial charge in [0.25, 0.3) is 0 Å². The predicted octanol–water partition coefficient (Wildman–Crippen LogP) is 2.41. The van der Waals surface area contributed by atoms with Crippen LogP contribution in [0.4, 0.5) is 5.69 Å². The summed E-state index contributed by atoms with van der Waals surface area (Å²) in [5.41, 5.74) is 7.15. The van der Waals surface area contributed by atoms with Crippen LogP contribution in [-0.4, -0.2) is 23.1 Å². The summed E-state index contributed by atoms with van der Waals surface area (Å²) in [7, 11) is 0. The number of phenols is 1. The summed E-state index contributed by atoms with van der Waals surface area (Å²) in [5.74, 6) is 0.317. The van der Waals surface area contributed by atoms with Gasteiger partial charge in [-0.25, -0.2) is 0 Å². The molecule has 2 rings (SSSR count). The molecule has 0 bridgehead atoms. The van der Waals surface area contributed by atoms with Crippen LogP contribution in [0.5, 0.6) is 5.75 Å². The van der Waals surface area contributed by atoms with E-state index in [1.165, 1.54) is 12.8 Å². The Bertz CT molecular complexity index is 328. The van der Waals surface area contributed by atoms with E-state index in [2.05, 4.69) is 4.90 Å². The number of rotatable bonds is 2. The molecule has 5 heteroatoms. The zero-order chi connectivity index (χ0) is 9.97. The molecule has 0 spiro atoms. The van der Waals surface area contributed by atoms with Crippen molar-refractivity contribution in [3.05, 3.63) is 23.8 Å². The average molecular weight is 265 g/mol. The second kappa shape index (κ2) is 6.84. The third-order valence-corrected chi connectivity index (χ3v) is 2.70. The first kappa shape index (κ1) is 15.4. The van der Waals surface area contributed by atoms with Crippen LogP contribution in [-0.2, 0) is 6.54 Å². The minimum Gasteiger partial charge on any atom is -0.508 e. The number of aromatic hydroxyl groups is 1. The summed E-state index contributed by atoms with van der Waals surface area (Å²) < 4.78 is 0. The number of nitrogens with two attached hydrogens (primary N) is 1. The Morgan fingerprint density at radius 1 is 1.19 bits per heavy atom. The van der Waals surface area contributed by atoms with Crippen molar-refractivity contribution in [1.82, 2.24) is 4.90 Å². The molecule has 0 saturated carbocycles. The predicted molar refractivity (Wildman–Crippen MR) is 71.5 cm³/mol. The van der Waals surface area contributed by atoms with Crippen LogP contribution in [0, 0.1) is 0 Å². The molecule has 0 atom stereocenters. The first-order valence-corrected chi connectivity index (χ1v) is 5.05. The lowest BCUT2D eigenvalue weighted by atomic mass is 10.1. The van der Waals surface area contributed by atoms with E-state index in [0.29, 0.717) is 11.4 Å². The number of anilines is 1. The standard InChI is InChI=1S/C11H16N2O.2ClH/c12-10-4-3-9(11(14)7-10)8-13-5-1-2-6-13;;/h3-4,7,14H,1-2,5-6,8,12H2;2*1H. The van der Waals surface area contributed by atoms with Crippen LogP contribution in [0.2, 0.25) is 0 Å². The second-order valence-electron chi connectivity index (χ2n) is 3.87. The molecule has 1 aliphatic heterocycles. The van der Waals surface area contributed by atoms with E-state index >= 15 is 0 Å². The van der Waals surface area contributed by atoms with Gasteiger partial charge in [-0.1, -0.05) is 6.07 Å². The van der Waals surface area contributed by atoms with Crippen LogP contribution in [0.1, 0.15) is 18.4 Å². The molecule has 1 aliphatic rings. The number of nitrogens with zero attached hydrogens (tertiary/aromatic N) is 1. The molecule has 0 unspecified atom stereocenters. The van der Waals surface area contributed by atoms with E-state index in [9.17, 15) is 5.11 Å². The summed E-state index contributed by atoms with van der Waals surface area (Å²) >= 11 is 0. The number of halogens is 2. The molecule has 3 nitrogen and oxygen atoms in total. The first-order valence-electron chi connectivity index (χ1n) is 5.05. The fourth-order valence-corrected chi connectivity index (χ4v) is 1.90. The maximum Gasteiger partial charge on any atom is 0.122 e. The van der Waals surface area contributed by atoms with E-state index in [1.807, 2.05) is 12.1 Å². The zero-order valence-electron chi connectivity index (χ0n) is 9.06. The van der Waals surface area contributed by atoms with E-state index in [1.54, 1.807) is 6.07 Å². The summed E-state index contributed by atoms with van der Waals surface area (Å²) in [6.45, 7) is 3.12. The molecule has 3 N–H and O–H groups in total. The second-order valence-corrected chi connectivity index (χ2v) is 3.87. The Morgan fingerprint density at radius 3 is 2.38 bits per heavy atom. The molecule has 0 aromatic heterocycles. The lowest BCUT2D eigenvalue weighted by Crippen LogP contribution is -2.18. The highest BCUT2D eigenvalue weighted by Gasteiger charge is 2.13. The minimum absolute atomic E-state index is 0. The van der Waals surface area contributed by atoms with Crippen molar-refractivity contribution in [2.24, 2.45) is 0 Å². The van der Waals surface area contributed by atoms with Crippen molar-refractivity contribution in [3.8, 4) is 5.75 Å². The first-order chi connectivity index (χ1) is 6.75. The maximum atomic E-state index is 9.65. The van der Waals surface area contributed by atoms with Crippen molar-refractivity contribution in [2.75, 3.05) is 18.8 Å². The summed E-state index contributed by atoms with van der Waals surface area (Å²) in [5, 5.41) is 9.65. The average Bonchev–Trinajstić information content (AvgIpc) is 2.62. The lowest BCUT2D eigenvalue weighted by Gasteiger charge is -2.15. The third-order valence-electron chi connectivity index (χ3n) is 2.70. The van der Waals surface area contributed by atoms with Gasteiger partial charge >= 0.3 is 0 Å². The highest BCUT2D eigenvalue weighted by molar-refractivity contribution is 5.85. The molecule has 0 aliphatic carbocycles. The van der Waals surface area contributed by atoms with Crippen LogP contribution in [0.15, 0.2) is 18.2 Å². The maximum absolute atomic E-state index is 9.65. The molecule has 0 amide bonds. The fraction of sp³-hybridized carbons (Fsp3) is 0.455. The summed E-state index contributed by atoms with van der Waals surface area (Å²) in [4.78, 5) is 2.35. The molecule has 0 radical (unpaired) electrons. The number of benzene rings is 1. The van der Waals surface area contributed by atoms with Crippen LogP contribution in [0.25, 0.3) is 0 Å². The highest BCUT2D eigenvalue weighted by Crippen LogP contribution is 2.23. The van der Waals surface area contributed by atoms with Gasteiger partial charge in [0.15, 0.2) is 0 Å². The normalized spacial score (nSPS) is 15.2. The molecule has 1 aromatic carbocycles. The number of nitrogen functional groups attached to an aromatic ring is 1.